The highest BCUT2D eigenvalue weighted by molar-refractivity contribution is 6.34. The second-order valence-electron chi connectivity index (χ2n) is 5.84. The average molecular weight is 360 g/mol. The van der Waals surface area contributed by atoms with E-state index in [4.69, 9.17) is 11.6 Å². The molecule has 0 saturated carbocycles. The Kier molecular flexibility index (Phi) is 7.82. The molecule has 1 aromatic rings. The molecule has 1 aromatic carbocycles. The van der Waals surface area contributed by atoms with E-state index in [2.05, 4.69) is 16.0 Å². The standard InChI is InChI=1S/C16H22ClN3O2.ClH/c1-10(2)15(21)20-11-5-6-14(17)13(8-11)16(22)19-9-12-4-3-7-18-12;/h5-6,8,10,12,18H,3-4,7,9H2,1-2H3,(H,19,22)(H,20,21);1H. The minimum atomic E-state index is -0.223. The van der Waals surface area contributed by atoms with E-state index in [0.29, 0.717) is 28.9 Å². The lowest BCUT2D eigenvalue weighted by atomic mass is 10.1. The number of nitrogens with one attached hydrogen (secondary N) is 3. The van der Waals surface area contributed by atoms with Crippen molar-refractivity contribution in [2.24, 2.45) is 5.92 Å². The minimum Gasteiger partial charge on any atom is -0.350 e. The van der Waals surface area contributed by atoms with Gasteiger partial charge in [0.2, 0.25) is 5.91 Å². The first-order valence-electron chi connectivity index (χ1n) is 7.59. The molecule has 1 unspecified atom stereocenters. The van der Waals surface area contributed by atoms with Crippen LogP contribution >= 0.6 is 24.0 Å². The molecule has 1 heterocycles. The number of hydrogen-bond acceptors (Lipinski definition) is 3. The van der Waals surface area contributed by atoms with Crippen molar-refractivity contribution in [1.29, 1.82) is 0 Å². The molecule has 1 saturated heterocycles. The maximum absolute atomic E-state index is 12.3. The van der Waals surface area contributed by atoms with Gasteiger partial charge in [-0.3, -0.25) is 9.59 Å². The van der Waals surface area contributed by atoms with Crippen LogP contribution < -0.4 is 16.0 Å². The molecule has 1 atom stereocenters. The Morgan fingerprint density at radius 2 is 2.13 bits per heavy atom. The minimum absolute atomic E-state index is 0. The van der Waals surface area contributed by atoms with Gasteiger partial charge in [0.25, 0.3) is 5.91 Å². The van der Waals surface area contributed by atoms with Gasteiger partial charge in [-0.05, 0) is 37.6 Å². The zero-order valence-corrected chi connectivity index (χ0v) is 14.9. The summed E-state index contributed by atoms with van der Waals surface area (Å²) in [6.07, 6.45) is 2.20. The Balaban J connectivity index is 0.00000264. The normalized spacial score (nSPS) is 16.8. The van der Waals surface area contributed by atoms with E-state index in [1.54, 1.807) is 18.2 Å². The van der Waals surface area contributed by atoms with Crippen LogP contribution in [0.1, 0.15) is 37.0 Å². The fourth-order valence-corrected chi connectivity index (χ4v) is 2.51. The van der Waals surface area contributed by atoms with E-state index in [1.165, 1.54) is 0 Å². The maximum Gasteiger partial charge on any atom is 0.252 e. The lowest BCUT2D eigenvalue weighted by molar-refractivity contribution is -0.118. The highest BCUT2D eigenvalue weighted by atomic mass is 35.5. The summed E-state index contributed by atoms with van der Waals surface area (Å²) in [5.74, 6) is -0.440. The number of anilines is 1. The fourth-order valence-electron chi connectivity index (χ4n) is 2.31. The van der Waals surface area contributed by atoms with E-state index in [1.807, 2.05) is 13.8 Å². The number of carbonyl (C=O) groups excluding carboxylic acids is 2. The highest BCUT2D eigenvalue weighted by Gasteiger charge is 2.17. The smallest absolute Gasteiger partial charge is 0.252 e. The van der Waals surface area contributed by atoms with Crippen LogP contribution in [0.15, 0.2) is 18.2 Å². The fraction of sp³-hybridized carbons (Fsp3) is 0.500. The Bertz CT molecular complexity index is 558. The molecule has 2 amide bonds. The summed E-state index contributed by atoms with van der Waals surface area (Å²) < 4.78 is 0. The average Bonchev–Trinajstić information content (AvgIpc) is 3.00. The first-order chi connectivity index (χ1) is 10.5. The number of amides is 2. The van der Waals surface area contributed by atoms with Crippen molar-refractivity contribution in [1.82, 2.24) is 10.6 Å². The molecule has 1 aliphatic rings. The summed E-state index contributed by atoms with van der Waals surface area (Å²) in [5.41, 5.74) is 0.952. The van der Waals surface area contributed by atoms with Crippen molar-refractivity contribution in [3.63, 3.8) is 0 Å². The summed E-state index contributed by atoms with van der Waals surface area (Å²) in [7, 11) is 0. The van der Waals surface area contributed by atoms with Gasteiger partial charge in [-0.25, -0.2) is 0 Å². The van der Waals surface area contributed by atoms with Gasteiger partial charge in [-0.15, -0.1) is 12.4 Å². The molecule has 0 aromatic heterocycles. The van der Waals surface area contributed by atoms with Crippen LogP contribution in [0.3, 0.4) is 0 Å². The quantitative estimate of drug-likeness (QED) is 0.756. The number of rotatable bonds is 5. The molecule has 0 bridgehead atoms. The summed E-state index contributed by atoms with van der Waals surface area (Å²) in [6, 6.07) is 5.25. The topological polar surface area (TPSA) is 70.2 Å². The first kappa shape index (κ1) is 19.7. The van der Waals surface area contributed by atoms with E-state index >= 15 is 0 Å². The zero-order valence-electron chi connectivity index (χ0n) is 13.3. The third-order valence-corrected chi connectivity index (χ3v) is 4.00. The Labute approximate surface area is 148 Å². The van der Waals surface area contributed by atoms with E-state index in [9.17, 15) is 9.59 Å². The Morgan fingerprint density at radius 1 is 1.39 bits per heavy atom. The van der Waals surface area contributed by atoms with Crippen LogP contribution in [-0.2, 0) is 4.79 Å². The number of carbonyl (C=O) groups is 2. The largest absolute Gasteiger partial charge is 0.350 e. The van der Waals surface area contributed by atoms with Gasteiger partial charge in [0.05, 0.1) is 10.6 Å². The van der Waals surface area contributed by atoms with Crippen molar-refractivity contribution in [2.75, 3.05) is 18.4 Å². The molecular formula is C16H23Cl2N3O2. The van der Waals surface area contributed by atoms with Gasteiger partial charge in [-0.1, -0.05) is 25.4 Å². The van der Waals surface area contributed by atoms with Crippen molar-refractivity contribution in [2.45, 2.75) is 32.7 Å². The highest BCUT2D eigenvalue weighted by Crippen LogP contribution is 2.21. The van der Waals surface area contributed by atoms with Crippen LogP contribution in [0.25, 0.3) is 0 Å². The Hall–Kier alpha value is -1.30. The SMILES string of the molecule is CC(C)C(=O)Nc1ccc(Cl)c(C(=O)NCC2CCCN2)c1.Cl. The van der Waals surface area contributed by atoms with Gasteiger partial charge in [-0.2, -0.15) is 0 Å². The van der Waals surface area contributed by atoms with Crippen LogP contribution in [0.5, 0.6) is 0 Å². The molecule has 0 spiro atoms. The summed E-state index contributed by atoms with van der Waals surface area (Å²) in [5, 5.41) is 9.36. The van der Waals surface area contributed by atoms with Crippen molar-refractivity contribution >= 4 is 41.5 Å². The molecule has 23 heavy (non-hydrogen) atoms. The zero-order chi connectivity index (χ0) is 16.1. The lowest BCUT2D eigenvalue weighted by Crippen LogP contribution is -2.37. The van der Waals surface area contributed by atoms with Crippen molar-refractivity contribution < 1.29 is 9.59 Å². The van der Waals surface area contributed by atoms with Crippen molar-refractivity contribution in [3.8, 4) is 0 Å². The van der Waals surface area contributed by atoms with Crippen LogP contribution in [0, 0.1) is 5.92 Å². The van der Waals surface area contributed by atoms with Gasteiger partial charge in [0.1, 0.15) is 0 Å². The van der Waals surface area contributed by atoms with E-state index < -0.39 is 0 Å². The van der Waals surface area contributed by atoms with Gasteiger partial charge in [0, 0.05) is 24.2 Å². The molecule has 0 radical (unpaired) electrons. The van der Waals surface area contributed by atoms with Gasteiger partial charge in [0.15, 0.2) is 0 Å². The van der Waals surface area contributed by atoms with Crippen LogP contribution in [-0.4, -0.2) is 30.9 Å². The molecule has 5 nitrogen and oxygen atoms in total. The van der Waals surface area contributed by atoms with Crippen LogP contribution in [0.4, 0.5) is 5.69 Å². The molecule has 0 aliphatic carbocycles. The van der Waals surface area contributed by atoms with Gasteiger partial charge >= 0.3 is 0 Å². The molecule has 1 fully saturated rings. The predicted octanol–water partition coefficient (Wildman–Crippen LogP) is 2.84. The number of hydrogen-bond donors (Lipinski definition) is 3. The monoisotopic (exact) mass is 359 g/mol. The second-order valence-corrected chi connectivity index (χ2v) is 6.25. The summed E-state index contributed by atoms with van der Waals surface area (Å²) in [6.45, 7) is 5.21. The van der Waals surface area contributed by atoms with Crippen LogP contribution in [0.2, 0.25) is 5.02 Å². The molecular weight excluding hydrogens is 337 g/mol. The van der Waals surface area contributed by atoms with Gasteiger partial charge < -0.3 is 16.0 Å². The third-order valence-electron chi connectivity index (χ3n) is 3.67. The van der Waals surface area contributed by atoms with E-state index in [0.717, 1.165) is 19.4 Å². The molecule has 1 aliphatic heterocycles. The molecule has 2 rings (SSSR count). The molecule has 128 valence electrons. The lowest BCUT2D eigenvalue weighted by Gasteiger charge is -2.13. The first-order valence-corrected chi connectivity index (χ1v) is 7.97. The molecule has 3 N–H and O–H groups in total. The number of benzene rings is 1. The molecule has 7 heteroatoms. The van der Waals surface area contributed by atoms with Crippen molar-refractivity contribution in [3.05, 3.63) is 28.8 Å². The second kappa shape index (κ2) is 9.11. The number of halogens is 2. The Morgan fingerprint density at radius 3 is 2.74 bits per heavy atom. The van der Waals surface area contributed by atoms with E-state index in [-0.39, 0.29) is 30.1 Å². The maximum atomic E-state index is 12.3. The summed E-state index contributed by atoms with van der Waals surface area (Å²) >= 11 is 6.10. The third kappa shape index (κ3) is 5.68. The predicted molar refractivity (Wildman–Crippen MR) is 95.5 cm³/mol. The summed E-state index contributed by atoms with van der Waals surface area (Å²) in [4.78, 5) is 24.0.